The normalized spacial score (nSPS) is 14.3. The number of nitrogens with zero attached hydrogens (tertiary/aromatic N) is 2. The number of amides is 1. The summed E-state index contributed by atoms with van der Waals surface area (Å²) in [4.78, 5) is 24.4. The highest BCUT2D eigenvalue weighted by atomic mass is 19.4. The van der Waals surface area contributed by atoms with Crippen molar-refractivity contribution in [3.63, 3.8) is 0 Å². The van der Waals surface area contributed by atoms with Crippen LogP contribution in [0.15, 0.2) is 41.3 Å². The second-order valence-electron chi connectivity index (χ2n) is 6.73. The number of fused-ring (bicyclic) bond motifs is 1. The van der Waals surface area contributed by atoms with Crippen molar-refractivity contribution in [1.29, 1.82) is 0 Å². The topological polar surface area (TPSA) is 54.3 Å². The van der Waals surface area contributed by atoms with Crippen LogP contribution in [-0.4, -0.2) is 42.6 Å². The number of carbonyl (C=O) groups excluding carboxylic acids is 1. The molecule has 9 heteroatoms. The van der Waals surface area contributed by atoms with Gasteiger partial charge in [0.25, 0.3) is 5.56 Å². The summed E-state index contributed by atoms with van der Waals surface area (Å²) in [6.45, 7) is 0.574. The van der Waals surface area contributed by atoms with Gasteiger partial charge in [0.2, 0.25) is 7.98 Å². The first-order valence-corrected chi connectivity index (χ1v) is 8.92. The van der Waals surface area contributed by atoms with Crippen LogP contribution in [0.2, 0.25) is 0 Å². The minimum Gasteiger partial charge on any atom is -0.437 e. The van der Waals surface area contributed by atoms with E-state index in [-0.39, 0.29) is 18.6 Å². The molecule has 0 aliphatic carbocycles. The molecule has 0 fully saturated rings. The van der Waals surface area contributed by atoms with Gasteiger partial charge in [0.1, 0.15) is 0 Å². The van der Waals surface area contributed by atoms with Gasteiger partial charge in [-0.1, -0.05) is 18.2 Å². The maximum atomic E-state index is 12.7. The Morgan fingerprint density at radius 3 is 2.46 bits per heavy atom. The van der Waals surface area contributed by atoms with Crippen LogP contribution in [0.5, 0.6) is 0 Å². The number of aryl methyl sites for hydroxylation is 2. The SMILES string of the molecule is [B]Nc1ccn(CCc2ccc3c(c2)CCN(C(=O)C(F)(F)F)CC3)c(=O)c1. The van der Waals surface area contributed by atoms with E-state index in [1.807, 2.05) is 18.2 Å². The lowest BCUT2D eigenvalue weighted by Gasteiger charge is -2.21. The van der Waals surface area contributed by atoms with E-state index in [2.05, 4.69) is 5.23 Å². The van der Waals surface area contributed by atoms with Gasteiger partial charge in [-0.3, -0.25) is 9.59 Å². The molecule has 2 radical (unpaired) electrons. The highest BCUT2D eigenvalue weighted by Gasteiger charge is 2.42. The largest absolute Gasteiger partial charge is 0.471 e. The smallest absolute Gasteiger partial charge is 0.437 e. The molecule has 0 saturated carbocycles. The molecule has 1 aromatic carbocycles. The third kappa shape index (κ3) is 4.58. The molecule has 3 rings (SSSR count). The monoisotopic (exact) mass is 389 g/mol. The number of halogens is 3. The number of carbonyl (C=O) groups is 1. The van der Waals surface area contributed by atoms with Crippen molar-refractivity contribution in [2.75, 3.05) is 18.3 Å². The van der Waals surface area contributed by atoms with Gasteiger partial charge in [-0.25, -0.2) is 0 Å². The minimum absolute atomic E-state index is 0.0435. The van der Waals surface area contributed by atoms with Crippen LogP contribution >= 0.6 is 0 Å². The lowest BCUT2D eigenvalue weighted by molar-refractivity contribution is -0.185. The third-order valence-electron chi connectivity index (χ3n) is 4.91. The molecule has 1 N–H and O–H groups in total. The van der Waals surface area contributed by atoms with Crippen molar-refractivity contribution in [2.45, 2.75) is 32.0 Å². The fraction of sp³-hybridized carbons (Fsp3) is 0.368. The molecular weight excluding hydrogens is 370 g/mol. The second-order valence-corrected chi connectivity index (χ2v) is 6.73. The number of alkyl halides is 3. The van der Waals surface area contributed by atoms with Gasteiger partial charge in [-0.2, -0.15) is 13.2 Å². The molecule has 28 heavy (non-hydrogen) atoms. The van der Waals surface area contributed by atoms with E-state index in [1.165, 1.54) is 6.07 Å². The Kier molecular flexibility index (Phi) is 5.81. The van der Waals surface area contributed by atoms with Crippen LogP contribution in [0, 0.1) is 0 Å². The van der Waals surface area contributed by atoms with Gasteiger partial charge in [0, 0.05) is 37.6 Å². The Labute approximate surface area is 161 Å². The maximum absolute atomic E-state index is 12.7. The summed E-state index contributed by atoms with van der Waals surface area (Å²) in [5.41, 5.74) is 3.25. The van der Waals surface area contributed by atoms with Gasteiger partial charge in [0.05, 0.1) is 0 Å². The summed E-state index contributed by atoms with van der Waals surface area (Å²) in [7, 11) is 5.28. The Morgan fingerprint density at radius 1 is 1.11 bits per heavy atom. The fourth-order valence-electron chi connectivity index (χ4n) is 3.35. The zero-order valence-electron chi connectivity index (χ0n) is 15.1. The van der Waals surface area contributed by atoms with Crippen molar-refractivity contribution in [1.82, 2.24) is 9.47 Å². The van der Waals surface area contributed by atoms with Crippen LogP contribution in [0.3, 0.4) is 0 Å². The van der Waals surface area contributed by atoms with E-state index in [9.17, 15) is 22.8 Å². The molecule has 0 unspecified atom stereocenters. The summed E-state index contributed by atoms with van der Waals surface area (Å²) < 4.78 is 39.6. The Balaban J connectivity index is 1.67. The zero-order chi connectivity index (χ0) is 20.3. The van der Waals surface area contributed by atoms with E-state index in [0.29, 0.717) is 31.5 Å². The molecule has 146 valence electrons. The van der Waals surface area contributed by atoms with Crippen LogP contribution in [0.25, 0.3) is 0 Å². The summed E-state index contributed by atoms with van der Waals surface area (Å²) in [5, 5.41) is 2.42. The quantitative estimate of drug-likeness (QED) is 0.815. The standard InChI is InChI=1S/C19H19BF3N3O2/c20-24-16-6-10-25(17(27)12-16)7-3-13-1-2-14-4-8-26(9-5-15(14)11-13)18(28)19(21,22)23/h1-2,6,10-12,24H,3-5,7-9H2. The van der Waals surface area contributed by atoms with E-state index >= 15 is 0 Å². The molecule has 0 atom stereocenters. The lowest BCUT2D eigenvalue weighted by Crippen LogP contribution is -2.42. The number of benzene rings is 1. The number of pyridine rings is 1. The Morgan fingerprint density at radius 2 is 1.82 bits per heavy atom. The minimum atomic E-state index is -4.84. The third-order valence-corrected chi connectivity index (χ3v) is 4.91. The average molecular weight is 389 g/mol. The molecule has 2 heterocycles. The molecule has 1 aromatic heterocycles. The van der Waals surface area contributed by atoms with E-state index < -0.39 is 12.1 Å². The highest BCUT2D eigenvalue weighted by Crippen LogP contribution is 2.23. The lowest BCUT2D eigenvalue weighted by atomic mass is 9.99. The Bertz CT molecular complexity index is 927. The van der Waals surface area contributed by atoms with Crippen LogP contribution in [0.4, 0.5) is 18.9 Å². The molecule has 5 nitrogen and oxygen atoms in total. The molecule has 2 aromatic rings. The first kappa shape index (κ1) is 20.0. The van der Waals surface area contributed by atoms with Gasteiger partial charge in [0.15, 0.2) is 0 Å². The van der Waals surface area contributed by atoms with Crippen molar-refractivity contribution in [3.05, 3.63) is 63.6 Å². The van der Waals surface area contributed by atoms with Crippen LogP contribution in [0.1, 0.15) is 16.7 Å². The molecule has 0 bridgehead atoms. The summed E-state index contributed by atoms with van der Waals surface area (Å²) in [6.07, 6.45) is -1.81. The second kappa shape index (κ2) is 8.12. The van der Waals surface area contributed by atoms with E-state index in [4.69, 9.17) is 7.98 Å². The van der Waals surface area contributed by atoms with Gasteiger partial charge < -0.3 is 14.7 Å². The van der Waals surface area contributed by atoms with Crippen LogP contribution < -0.4 is 10.8 Å². The predicted octanol–water partition coefficient (Wildman–Crippen LogP) is 2.08. The zero-order valence-corrected chi connectivity index (χ0v) is 15.1. The highest BCUT2D eigenvalue weighted by molar-refractivity contribution is 6.15. The number of rotatable bonds is 4. The van der Waals surface area contributed by atoms with E-state index in [1.54, 1.807) is 16.8 Å². The van der Waals surface area contributed by atoms with Gasteiger partial charge in [-0.05, 0) is 42.0 Å². The Hall–Kier alpha value is -2.71. The maximum Gasteiger partial charge on any atom is 0.471 e. The van der Waals surface area contributed by atoms with Gasteiger partial charge >= 0.3 is 12.1 Å². The molecule has 0 spiro atoms. The number of anilines is 1. The summed E-state index contributed by atoms with van der Waals surface area (Å²) >= 11 is 0. The van der Waals surface area contributed by atoms with Gasteiger partial charge in [-0.15, -0.1) is 0 Å². The molecule has 1 aliphatic heterocycles. The van der Waals surface area contributed by atoms with Crippen molar-refractivity contribution in [2.24, 2.45) is 0 Å². The molecule has 1 aliphatic rings. The van der Waals surface area contributed by atoms with Crippen LogP contribution in [-0.2, 0) is 30.6 Å². The summed E-state index contributed by atoms with van der Waals surface area (Å²) in [5.74, 6) is -1.78. The van der Waals surface area contributed by atoms with Crippen molar-refractivity contribution in [3.8, 4) is 0 Å². The molecule has 1 amide bonds. The van der Waals surface area contributed by atoms with Crippen molar-refractivity contribution >= 4 is 19.6 Å². The van der Waals surface area contributed by atoms with Crippen molar-refractivity contribution < 1.29 is 18.0 Å². The van der Waals surface area contributed by atoms with E-state index in [0.717, 1.165) is 21.6 Å². The number of hydrogen-bond donors (Lipinski definition) is 1. The first-order chi connectivity index (χ1) is 13.3. The summed E-state index contributed by atoms with van der Waals surface area (Å²) in [6, 6.07) is 8.88. The number of hydrogen-bond acceptors (Lipinski definition) is 3. The first-order valence-electron chi connectivity index (χ1n) is 8.92. The molecule has 0 saturated heterocycles. The number of nitrogens with one attached hydrogen (secondary N) is 1. The predicted molar refractivity (Wildman–Crippen MR) is 100 cm³/mol. The number of aromatic nitrogens is 1. The average Bonchev–Trinajstić information content (AvgIpc) is 2.87. The molecular formula is C19H19BF3N3O2. The fourth-order valence-corrected chi connectivity index (χ4v) is 3.35.